The molecule has 1 aliphatic rings. The van der Waals surface area contributed by atoms with Crippen LogP contribution in [0.1, 0.15) is 40.0 Å². The molecule has 0 aliphatic carbocycles. The summed E-state index contributed by atoms with van der Waals surface area (Å²) in [5, 5.41) is 3.07. The molecule has 8 nitrogen and oxygen atoms in total. The number of amides is 1. The summed E-state index contributed by atoms with van der Waals surface area (Å²) in [7, 11) is 3.18. The van der Waals surface area contributed by atoms with Crippen LogP contribution in [0.4, 0.5) is 10.5 Å². The van der Waals surface area contributed by atoms with E-state index in [0.29, 0.717) is 36.5 Å². The molecule has 162 valence electrons. The lowest BCUT2D eigenvalue weighted by Gasteiger charge is -2.34. The number of carbonyl (C=O) groups excluding carboxylic acids is 1. The summed E-state index contributed by atoms with van der Waals surface area (Å²) in [6.45, 7) is 7.70. The van der Waals surface area contributed by atoms with E-state index in [1.165, 1.54) is 0 Å². The highest BCUT2D eigenvalue weighted by atomic mass is 16.6. The number of ether oxygens (including phenoxy) is 3. The van der Waals surface area contributed by atoms with E-state index in [1.807, 2.05) is 32.9 Å². The molecule has 1 aromatic carbocycles. The minimum absolute atomic E-state index is 0.236. The number of aliphatic imine (C=N–C) groups is 1. The van der Waals surface area contributed by atoms with Crippen LogP contribution in [0.15, 0.2) is 23.2 Å². The third kappa shape index (κ3) is 7.36. The van der Waals surface area contributed by atoms with Gasteiger partial charge in [-0.2, -0.15) is 0 Å². The lowest BCUT2D eigenvalue weighted by Crippen LogP contribution is -2.43. The predicted molar refractivity (Wildman–Crippen MR) is 115 cm³/mol. The van der Waals surface area contributed by atoms with E-state index in [-0.39, 0.29) is 6.09 Å². The van der Waals surface area contributed by atoms with E-state index in [2.05, 4.69) is 10.3 Å². The molecule has 1 atom stereocenters. The molecule has 1 aromatic rings. The number of nitrogens with two attached hydrogens (primary N) is 1. The Morgan fingerprint density at radius 2 is 2.00 bits per heavy atom. The molecule has 1 unspecified atom stereocenters. The molecular weight excluding hydrogens is 372 g/mol. The van der Waals surface area contributed by atoms with Gasteiger partial charge < -0.3 is 30.2 Å². The number of carbonyl (C=O) groups is 1. The predicted octanol–water partition coefficient (Wildman–Crippen LogP) is 3.47. The summed E-state index contributed by atoms with van der Waals surface area (Å²) >= 11 is 0. The molecule has 29 heavy (non-hydrogen) atoms. The van der Waals surface area contributed by atoms with Gasteiger partial charge in [-0.05, 0) is 58.1 Å². The van der Waals surface area contributed by atoms with Crippen molar-refractivity contribution in [2.24, 2.45) is 16.6 Å². The standard InChI is InChI=1S/C21H34N4O4/c1-21(2,3)29-20(26)25-12-6-7-15(14-25)10-11-23-19(22)24-16-8-9-17(27-4)18(13-16)28-5/h8-9,13,15H,6-7,10-12,14H2,1-5H3,(H3,22,23,24). The SMILES string of the molecule is COc1ccc(NC(N)=NCCC2CCCN(C(=O)OC(C)(C)C)C2)cc1OC. The van der Waals surface area contributed by atoms with Crippen LogP contribution in [-0.2, 0) is 4.74 Å². The van der Waals surface area contributed by atoms with Gasteiger partial charge in [0.25, 0.3) is 0 Å². The van der Waals surface area contributed by atoms with Crippen LogP contribution >= 0.6 is 0 Å². The van der Waals surface area contributed by atoms with Crippen molar-refractivity contribution in [3.05, 3.63) is 18.2 Å². The van der Waals surface area contributed by atoms with E-state index in [9.17, 15) is 4.79 Å². The Kier molecular flexibility index (Phi) is 7.99. The number of nitrogens with zero attached hydrogens (tertiary/aromatic N) is 2. The maximum Gasteiger partial charge on any atom is 0.410 e. The highest BCUT2D eigenvalue weighted by Crippen LogP contribution is 2.29. The van der Waals surface area contributed by atoms with Gasteiger partial charge in [0.1, 0.15) is 5.60 Å². The van der Waals surface area contributed by atoms with E-state index in [4.69, 9.17) is 19.9 Å². The van der Waals surface area contributed by atoms with Crippen LogP contribution in [0.25, 0.3) is 0 Å². The average molecular weight is 407 g/mol. The van der Waals surface area contributed by atoms with Crippen molar-refractivity contribution in [2.75, 3.05) is 39.2 Å². The van der Waals surface area contributed by atoms with E-state index < -0.39 is 5.60 Å². The number of nitrogens with one attached hydrogen (secondary N) is 1. The van der Waals surface area contributed by atoms with E-state index in [1.54, 1.807) is 25.2 Å². The molecule has 8 heteroatoms. The van der Waals surface area contributed by atoms with Crippen molar-refractivity contribution in [1.29, 1.82) is 0 Å². The number of benzene rings is 1. The number of piperidine rings is 1. The lowest BCUT2D eigenvalue weighted by atomic mass is 9.95. The Morgan fingerprint density at radius 1 is 1.28 bits per heavy atom. The van der Waals surface area contributed by atoms with Gasteiger partial charge in [0.2, 0.25) is 0 Å². The monoisotopic (exact) mass is 406 g/mol. The van der Waals surface area contributed by atoms with Crippen LogP contribution in [-0.4, -0.2) is 56.4 Å². The van der Waals surface area contributed by atoms with Crippen LogP contribution in [0, 0.1) is 5.92 Å². The average Bonchev–Trinajstić information content (AvgIpc) is 2.66. The van der Waals surface area contributed by atoms with Gasteiger partial charge in [0, 0.05) is 31.4 Å². The molecule has 0 bridgehead atoms. The van der Waals surface area contributed by atoms with Gasteiger partial charge in [-0.15, -0.1) is 0 Å². The lowest BCUT2D eigenvalue weighted by molar-refractivity contribution is 0.0163. The van der Waals surface area contributed by atoms with Crippen LogP contribution in [0.3, 0.4) is 0 Å². The Bertz CT molecular complexity index is 715. The fourth-order valence-corrected chi connectivity index (χ4v) is 3.26. The van der Waals surface area contributed by atoms with Gasteiger partial charge >= 0.3 is 6.09 Å². The molecule has 0 saturated carbocycles. The van der Waals surface area contributed by atoms with Crippen molar-refractivity contribution < 1.29 is 19.0 Å². The Labute approximate surface area is 173 Å². The zero-order chi connectivity index (χ0) is 21.4. The number of hydrogen-bond acceptors (Lipinski definition) is 5. The molecule has 1 saturated heterocycles. The maximum absolute atomic E-state index is 12.3. The van der Waals surface area contributed by atoms with Crippen molar-refractivity contribution >= 4 is 17.7 Å². The summed E-state index contributed by atoms with van der Waals surface area (Å²) < 4.78 is 16.0. The third-order valence-corrected chi connectivity index (χ3v) is 4.65. The molecule has 3 N–H and O–H groups in total. The van der Waals surface area contributed by atoms with Gasteiger partial charge in [-0.1, -0.05) is 0 Å². The molecule has 0 spiro atoms. The molecule has 1 fully saturated rings. The van der Waals surface area contributed by atoms with Gasteiger partial charge in [0.05, 0.1) is 14.2 Å². The molecule has 1 heterocycles. The molecule has 0 aromatic heterocycles. The number of likely N-dealkylation sites (tertiary alicyclic amines) is 1. The third-order valence-electron chi connectivity index (χ3n) is 4.65. The first-order valence-electron chi connectivity index (χ1n) is 9.98. The topological polar surface area (TPSA) is 98.4 Å². The van der Waals surface area contributed by atoms with Gasteiger partial charge in [-0.25, -0.2) is 4.79 Å². The highest BCUT2D eigenvalue weighted by Gasteiger charge is 2.27. The van der Waals surface area contributed by atoms with Crippen molar-refractivity contribution in [3.63, 3.8) is 0 Å². The number of anilines is 1. The number of hydrogen-bond donors (Lipinski definition) is 2. The Morgan fingerprint density at radius 3 is 2.66 bits per heavy atom. The fourth-order valence-electron chi connectivity index (χ4n) is 3.26. The first-order chi connectivity index (χ1) is 13.7. The van der Waals surface area contributed by atoms with Crippen LogP contribution < -0.4 is 20.5 Å². The first-order valence-corrected chi connectivity index (χ1v) is 9.98. The smallest absolute Gasteiger partial charge is 0.410 e. The molecular formula is C21H34N4O4. The van der Waals surface area contributed by atoms with Crippen molar-refractivity contribution in [2.45, 2.75) is 45.6 Å². The van der Waals surface area contributed by atoms with Crippen LogP contribution in [0.2, 0.25) is 0 Å². The Balaban J connectivity index is 1.83. The zero-order valence-corrected chi connectivity index (χ0v) is 18.2. The molecule has 2 rings (SSSR count). The normalized spacial score (nSPS) is 17.6. The summed E-state index contributed by atoms with van der Waals surface area (Å²) in [5.41, 5.74) is 6.31. The second kappa shape index (κ2) is 10.2. The maximum atomic E-state index is 12.3. The number of rotatable bonds is 6. The summed E-state index contributed by atoms with van der Waals surface area (Å²) in [6.07, 6.45) is 2.69. The van der Waals surface area contributed by atoms with Gasteiger partial charge in [0.15, 0.2) is 17.5 Å². The molecule has 0 radical (unpaired) electrons. The second-order valence-electron chi connectivity index (χ2n) is 8.19. The van der Waals surface area contributed by atoms with E-state index >= 15 is 0 Å². The summed E-state index contributed by atoms with van der Waals surface area (Å²) in [6, 6.07) is 5.46. The summed E-state index contributed by atoms with van der Waals surface area (Å²) in [4.78, 5) is 18.5. The quantitative estimate of drug-likeness (QED) is 0.554. The van der Waals surface area contributed by atoms with E-state index in [0.717, 1.165) is 31.5 Å². The fraction of sp³-hybridized carbons (Fsp3) is 0.619. The minimum atomic E-state index is -0.474. The summed E-state index contributed by atoms with van der Waals surface area (Å²) in [5.74, 6) is 2.01. The molecule has 1 amide bonds. The second-order valence-corrected chi connectivity index (χ2v) is 8.19. The van der Waals surface area contributed by atoms with Crippen molar-refractivity contribution in [1.82, 2.24) is 4.90 Å². The number of guanidine groups is 1. The number of methoxy groups -OCH3 is 2. The highest BCUT2D eigenvalue weighted by molar-refractivity contribution is 5.92. The molecule has 1 aliphatic heterocycles. The first kappa shape index (κ1) is 22.6. The van der Waals surface area contributed by atoms with Crippen molar-refractivity contribution in [3.8, 4) is 11.5 Å². The van der Waals surface area contributed by atoms with Gasteiger partial charge in [-0.3, -0.25) is 4.99 Å². The van der Waals surface area contributed by atoms with Crippen LogP contribution in [0.5, 0.6) is 11.5 Å². The zero-order valence-electron chi connectivity index (χ0n) is 18.2. The largest absolute Gasteiger partial charge is 0.493 e. The minimum Gasteiger partial charge on any atom is -0.493 e. The Hall–Kier alpha value is -2.64.